The Morgan fingerprint density at radius 1 is 1.26 bits per heavy atom. The summed E-state index contributed by atoms with van der Waals surface area (Å²) < 4.78 is 38.8. The summed E-state index contributed by atoms with van der Waals surface area (Å²) in [5.74, 6) is 0. The molecule has 0 radical (unpaired) electrons. The summed E-state index contributed by atoms with van der Waals surface area (Å²) in [5.41, 5.74) is 6.60. The van der Waals surface area contributed by atoms with E-state index < -0.39 is 11.7 Å². The van der Waals surface area contributed by atoms with Crippen LogP contribution in [0.3, 0.4) is 0 Å². The fourth-order valence-electron chi connectivity index (χ4n) is 1.93. The third-order valence-corrected chi connectivity index (χ3v) is 3.99. The lowest BCUT2D eigenvalue weighted by atomic mass is 10.0. The van der Waals surface area contributed by atoms with Gasteiger partial charge in [-0.25, -0.2) is 0 Å². The first-order valence-corrected chi connectivity index (χ1v) is 7.86. The Balaban J connectivity index is 2.37. The number of hydrogen-bond acceptors (Lipinski definition) is 2. The minimum absolute atomic E-state index is 0.0445. The van der Waals surface area contributed by atoms with E-state index in [0.29, 0.717) is 16.5 Å². The third kappa shape index (κ3) is 4.62. The van der Waals surface area contributed by atoms with Gasteiger partial charge in [0, 0.05) is 16.2 Å². The second-order valence-electron chi connectivity index (χ2n) is 4.67. The van der Waals surface area contributed by atoms with Crippen LogP contribution in [0.2, 0.25) is 0 Å². The van der Waals surface area contributed by atoms with E-state index in [1.54, 1.807) is 24.3 Å². The van der Waals surface area contributed by atoms with Gasteiger partial charge in [-0.15, -0.1) is 0 Å². The van der Waals surface area contributed by atoms with E-state index in [1.165, 1.54) is 0 Å². The molecular formula is C15H10BrCl2F3N2. The monoisotopic (exact) mass is 424 g/mol. The lowest BCUT2D eigenvalue weighted by Gasteiger charge is -2.12. The molecule has 1 heterocycles. The van der Waals surface area contributed by atoms with Crippen LogP contribution in [0.15, 0.2) is 45.5 Å². The normalized spacial score (nSPS) is 11.4. The second kappa shape index (κ2) is 7.11. The number of hydrogen-bond donors (Lipinski definition) is 1. The summed E-state index contributed by atoms with van der Waals surface area (Å²) in [7, 11) is 0. The Labute approximate surface area is 149 Å². The van der Waals surface area contributed by atoms with Gasteiger partial charge >= 0.3 is 6.18 Å². The number of nitrogens with zero attached hydrogens (tertiary/aromatic N) is 1. The first kappa shape index (κ1) is 18.1. The van der Waals surface area contributed by atoms with Crippen molar-refractivity contribution in [3.05, 3.63) is 56.6 Å². The van der Waals surface area contributed by atoms with Crippen molar-refractivity contribution in [3.8, 4) is 11.3 Å². The van der Waals surface area contributed by atoms with Crippen molar-refractivity contribution >= 4 is 44.8 Å². The third-order valence-electron chi connectivity index (χ3n) is 3.03. The largest absolute Gasteiger partial charge is 0.417 e. The van der Waals surface area contributed by atoms with Crippen molar-refractivity contribution < 1.29 is 13.2 Å². The van der Waals surface area contributed by atoms with E-state index in [1.807, 2.05) is 0 Å². The summed E-state index contributed by atoms with van der Waals surface area (Å²) in [6, 6.07) is 6.20. The van der Waals surface area contributed by atoms with Crippen LogP contribution < -0.4 is 5.73 Å². The molecule has 2 N–H and O–H groups in total. The van der Waals surface area contributed by atoms with Crippen LogP contribution in [-0.2, 0) is 12.6 Å². The quantitative estimate of drug-likeness (QED) is 0.657. The zero-order valence-electron chi connectivity index (χ0n) is 11.5. The molecule has 0 aliphatic carbocycles. The van der Waals surface area contributed by atoms with E-state index in [2.05, 4.69) is 20.9 Å². The molecule has 0 unspecified atom stereocenters. The molecule has 2 rings (SSSR count). The highest BCUT2D eigenvalue weighted by Crippen LogP contribution is 2.35. The molecule has 0 bridgehead atoms. The highest BCUT2D eigenvalue weighted by Gasteiger charge is 2.31. The van der Waals surface area contributed by atoms with Crippen molar-refractivity contribution in [3.63, 3.8) is 0 Å². The molecule has 0 amide bonds. The molecule has 0 atom stereocenters. The van der Waals surface area contributed by atoms with Gasteiger partial charge in [-0.05, 0) is 30.2 Å². The van der Waals surface area contributed by atoms with Gasteiger partial charge in [0.15, 0.2) is 0 Å². The molecule has 2 aromatic rings. The van der Waals surface area contributed by atoms with Crippen LogP contribution in [-0.4, -0.2) is 4.98 Å². The number of alkyl halides is 3. The number of aromatic nitrogens is 1. The number of anilines is 1. The van der Waals surface area contributed by atoms with Crippen LogP contribution >= 0.6 is 39.1 Å². The molecule has 0 saturated heterocycles. The topological polar surface area (TPSA) is 38.9 Å². The maximum absolute atomic E-state index is 12.7. The second-order valence-corrected chi connectivity index (χ2v) is 6.53. The summed E-state index contributed by atoms with van der Waals surface area (Å²) >= 11 is 14.5. The van der Waals surface area contributed by atoms with Gasteiger partial charge in [-0.2, -0.15) is 13.2 Å². The van der Waals surface area contributed by atoms with Crippen LogP contribution in [0.25, 0.3) is 11.3 Å². The summed E-state index contributed by atoms with van der Waals surface area (Å²) in [6.45, 7) is 0. The SMILES string of the molecule is Nc1cc(C(F)(F)F)cnc1-c1ccc(CC=C(Cl)Cl)cc1Br. The number of pyridine rings is 1. The fourth-order valence-corrected chi connectivity index (χ4v) is 2.70. The minimum Gasteiger partial charge on any atom is -0.397 e. The van der Waals surface area contributed by atoms with Crippen molar-refractivity contribution in [2.24, 2.45) is 0 Å². The van der Waals surface area contributed by atoms with Gasteiger partial charge < -0.3 is 5.73 Å². The number of nitrogens with two attached hydrogens (primary N) is 1. The Morgan fingerprint density at radius 2 is 1.96 bits per heavy atom. The highest BCUT2D eigenvalue weighted by molar-refractivity contribution is 9.10. The molecule has 0 spiro atoms. The maximum Gasteiger partial charge on any atom is 0.417 e. The predicted octanol–water partition coefficient (Wildman–Crippen LogP) is 5.97. The van der Waals surface area contributed by atoms with Gasteiger partial charge in [0.05, 0.1) is 16.9 Å². The molecule has 23 heavy (non-hydrogen) atoms. The van der Waals surface area contributed by atoms with E-state index in [0.717, 1.165) is 17.8 Å². The number of nitrogen functional groups attached to an aromatic ring is 1. The van der Waals surface area contributed by atoms with Crippen molar-refractivity contribution in [2.75, 3.05) is 5.73 Å². The summed E-state index contributed by atoms with van der Waals surface area (Å²) in [5, 5.41) is 0. The molecule has 1 aromatic carbocycles. The smallest absolute Gasteiger partial charge is 0.397 e. The Morgan fingerprint density at radius 3 is 2.48 bits per heavy atom. The van der Waals surface area contributed by atoms with E-state index >= 15 is 0 Å². The van der Waals surface area contributed by atoms with Crippen molar-refractivity contribution in [2.45, 2.75) is 12.6 Å². The van der Waals surface area contributed by atoms with Gasteiger partial charge in [0.25, 0.3) is 0 Å². The number of allylic oxidation sites excluding steroid dienone is 1. The van der Waals surface area contributed by atoms with Crippen molar-refractivity contribution in [1.29, 1.82) is 0 Å². The molecule has 8 heteroatoms. The Hall–Kier alpha value is -1.24. The standard InChI is InChI=1S/C15H10BrCl2F3N2/c16-11-5-8(2-4-13(17)18)1-3-10(11)14-12(22)6-9(7-23-14)15(19,20)21/h1,3-7H,2,22H2. The molecule has 0 aliphatic rings. The lowest BCUT2D eigenvalue weighted by Crippen LogP contribution is -2.07. The molecule has 122 valence electrons. The van der Waals surface area contributed by atoms with Crippen LogP contribution in [0.4, 0.5) is 18.9 Å². The first-order valence-electron chi connectivity index (χ1n) is 6.31. The zero-order valence-corrected chi connectivity index (χ0v) is 14.6. The number of rotatable bonds is 3. The Bertz CT molecular complexity index is 757. The first-order chi connectivity index (χ1) is 10.7. The molecule has 0 fully saturated rings. The van der Waals surface area contributed by atoms with Gasteiger partial charge in [-0.3, -0.25) is 4.98 Å². The molecule has 2 nitrogen and oxygen atoms in total. The molecule has 0 saturated carbocycles. The highest BCUT2D eigenvalue weighted by atomic mass is 79.9. The fraction of sp³-hybridized carbons (Fsp3) is 0.133. The van der Waals surface area contributed by atoms with Gasteiger partial charge in [0.1, 0.15) is 4.49 Å². The summed E-state index contributed by atoms with van der Waals surface area (Å²) in [4.78, 5) is 3.85. The summed E-state index contributed by atoms with van der Waals surface area (Å²) in [6.07, 6.45) is -1.55. The van der Waals surface area contributed by atoms with Crippen LogP contribution in [0.1, 0.15) is 11.1 Å². The van der Waals surface area contributed by atoms with Crippen LogP contribution in [0.5, 0.6) is 0 Å². The van der Waals surface area contributed by atoms with E-state index in [-0.39, 0.29) is 15.9 Å². The molecular weight excluding hydrogens is 416 g/mol. The van der Waals surface area contributed by atoms with Gasteiger partial charge in [-0.1, -0.05) is 51.3 Å². The molecule has 1 aromatic heterocycles. The Kier molecular flexibility index (Phi) is 5.60. The predicted molar refractivity (Wildman–Crippen MR) is 90.3 cm³/mol. The van der Waals surface area contributed by atoms with E-state index in [9.17, 15) is 13.2 Å². The van der Waals surface area contributed by atoms with Crippen LogP contribution in [0, 0.1) is 0 Å². The molecule has 0 aliphatic heterocycles. The number of benzene rings is 1. The van der Waals surface area contributed by atoms with Gasteiger partial charge in [0.2, 0.25) is 0 Å². The lowest BCUT2D eigenvalue weighted by molar-refractivity contribution is -0.137. The van der Waals surface area contributed by atoms with E-state index in [4.69, 9.17) is 28.9 Å². The number of halogens is 6. The average molecular weight is 426 g/mol. The zero-order chi connectivity index (χ0) is 17.2. The maximum atomic E-state index is 12.7. The minimum atomic E-state index is -4.48. The average Bonchev–Trinajstić information content (AvgIpc) is 2.44. The van der Waals surface area contributed by atoms with Crippen molar-refractivity contribution in [1.82, 2.24) is 4.98 Å².